The van der Waals surface area contributed by atoms with Crippen LogP contribution >= 0.6 is 0 Å². The minimum absolute atomic E-state index is 0.0221. The largest absolute Gasteiger partial charge is 0.489 e. The zero-order chi connectivity index (χ0) is 23.8. The molecule has 3 aromatic rings. The predicted molar refractivity (Wildman–Crippen MR) is 135 cm³/mol. The van der Waals surface area contributed by atoms with Crippen LogP contribution in [0.15, 0.2) is 108 Å². The fourth-order valence-electron chi connectivity index (χ4n) is 3.20. The number of hydrogen-bond acceptors (Lipinski definition) is 5. The van der Waals surface area contributed by atoms with Crippen molar-refractivity contribution >= 4 is 11.4 Å². The third kappa shape index (κ3) is 6.40. The molecule has 0 spiro atoms. The summed E-state index contributed by atoms with van der Waals surface area (Å²) < 4.78 is 7.09. The molecule has 2 N–H and O–H groups in total. The first-order valence-electron chi connectivity index (χ1n) is 10.6. The molecule has 33 heavy (non-hydrogen) atoms. The molecule has 0 amide bonds. The van der Waals surface area contributed by atoms with E-state index in [-0.39, 0.29) is 11.7 Å². The fourth-order valence-corrected chi connectivity index (χ4v) is 3.20. The summed E-state index contributed by atoms with van der Waals surface area (Å²) in [6.07, 6.45) is 4.94. The molecule has 3 rings (SSSR count). The highest BCUT2D eigenvalue weighted by molar-refractivity contribution is 6.08. The summed E-state index contributed by atoms with van der Waals surface area (Å²) in [6, 6.07) is 18.4. The van der Waals surface area contributed by atoms with Gasteiger partial charge in [0.05, 0.1) is 30.3 Å². The van der Waals surface area contributed by atoms with E-state index in [1.54, 1.807) is 24.4 Å². The Hall–Kier alpha value is -4.19. The minimum atomic E-state index is -0.185. The average Bonchev–Trinajstić information content (AvgIpc) is 2.80. The van der Waals surface area contributed by atoms with Crippen molar-refractivity contribution in [1.29, 1.82) is 0 Å². The smallest absolute Gasteiger partial charge is 0.267 e. The Morgan fingerprint density at radius 1 is 1.12 bits per heavy atom. The Labute approximate surface area is 194 Å². The van der Waals surface area contributed by atoms with Crippen LogP contribution in [0.4, 0.5) is 5.69 Å². The first-order chi connectivity index (χ1) is 15.9. The summed E-state index contributed by atoms with van der Waals surface area (Å²) in [4.78, 5) is 17.0. The monoisotopic (exact) mass is 440 g/mol. The van der Waals surface area contributed by atoms with Gasteiger partial charge in [-0.15, -0.1) is 0 Å². The van der Waals surface area contributed by atoms with Crippen LogP contribution in [-0.4, -0.2) is 21.6 Å². The number of nitrogen functional groups attached to an aromatic ring is 1. The molecular weight excluding hydrogens is 412 g/mol. The molecule has 2 aromatic carbocycles. The van der Waals surface area contributed by atoms with E-state index in [0.29, 0.717) is 29.4 Å². The van der Waals surface area contributed by atoms with Gasteiger partial charge in [-0.3, -0.25) is 9.79 Å². The molecule has 0 aliphatic carbocycles. The molecule has 0 radical (unpaired) electrons. The van der Waals surface area contributed by atoms with Crippen molar-refractivity contribution in [2.75, 3.05) is 5.73 Å². The molecule has 168 valence electrons. The highest BCUT2D eigenvalue weighted by Crippen LogP contribution is 2.18. The van der Waals surface area contributed by atoms with Gasteiger partial charge in [0.15, 0.2) is 0 Å². The first-order valence-corrected chi connectivity index (χ1v) is 10.6. The summed E-state index contributed by atoms with van der Waals surface area (Å²) in [6.45, 7) is 11.8. The summed E-state index contributed by atoms with van der Waals surface area (Å²) in [5, 5.41) is 4.53. The van der Waals surface area contributed by atoms with E-state index < -0.39 is 0 Å². The molecule has 0 bridgehead atoms. The molecule has 0 aliphatic rings. The molecule has 0 atom stereocenters. The first kappa shape index (κ1) is 23.5. The maximum Gasteiger partial charge on any atom is 0.267 e. The molecule has 6 heteroatoms. The number of nitrogens with zero attached hydrogens (tertiary/aromatic N) is 3. The second-order valence-electron chi connectivity index (χ2n) is 7.66. The second-order valence-corrected chi connectivity index (χ2v) is 7.66. The summed E-state index contributed by atoms with van der Waals surface area (Å²) in [5.41, 5.74) is 10.3. The highest BCUT2D eigenvalue weighted by Gasteiger charge is 2.07. The number of ether oxygens (including phenoxy) is 1. The van der Waals surface area contributed by atoms with E-state index in [9.17, 15) is 4.79 Å². The van der Waals surface area contributed by atoms with Crippen LogP contribution < -0.4 is 11.3 Å². The molecule has 0 saturated heterocycles. The maximum absolute atomic E-state index is 12.5. The summed E-state index contributed by atoms with van der Waals surface area (Å²) >= 11 is 0. The quantitative estimate of drug-likeness (QED) is 0.220. The molecule has 0 unspecified atom stereocenters. The molecule has 1 aromatic heterocycles. The maximum atomic E-state index is 12.5. The van der Waals surface area contributed by atoms with Crippen LogP contribution in [0.25, 0.3) is 11.3 Å². The third-order valence-corrected chi connectivity index (χ3v) is 4.70. The second kappa shape index (κ2) is 10.9. The van der Waals surface area contributed by atoms with E-state index in [0.717, 1.165) is 16.7 Å². The molecule has 0 aliphatic heterocycles. The van der Waals surface area contributed by atoms with Crippen molar-refractivity contribution in [3.8, 4) is 11.3 Å². The third-order valence-electron chi connectivity index (χ3n) is 4.70. The Bertz CT molecular complexity index is 1270. The van der Waals surface area contributed by atoms with Crippen LogP contribution in [0.5, 0.6) is 0 Å². The number of allylic oxidation sites excluding steroid dienone is 2. The van der Waals surface area contributed by atoms with E-state index in [1.807, 2.05) is 62.4 Å². The van der Waals surface area contributed by atoms with Gasteiger partial charge >= 0.3 is 0 Å². The summed E-state index contributed by atoms with van der Waals surface area (Å²) in [5.74, 6) is 0.578. The van der Waals surface area contributed by atoms with Gasteiger partial charge in [-0.1, -0.05) is 43.5 Å². The van der Waals surface area contributed by atoms with Crippen molar-refractivity contribution in [2.45, 2.75) is 26.5 Å². The van der Waals surface area contributed by atoms with Crippen LogP contribution in [0.2, 0.25) is 0 Å². The molecular formula is C27H28N4O2. The average molecular weight is 441 g/mol. The number of aromatic nitrogens is 2. The van der Waals surface area contributed by atoms with Crippen molar-refractivity contribution in [3.63, 3.8) is 0 Å². The van der Waals surface area contributed by atoms with Crippen molar-refractivity contribution in [3.05, 3.63) is 119 Å². The lowest BCUT2D eigenvalue weighted by atomic mass is 10.1. The lowest BCUT2D eigenvalue weighted by Gasteiger charge is -2.10. The van der Waals surface area contributed by atoms with Gasteiger partial charge in [-0.05, 0) is 55.8 Å². The lowest BCUT2D eigenvalue weighted by Crippen LogP contribution is -2.23. The topological polar surface area (TPSA) is 82.5 Å². The van der Waals surface area contributed by atoms with Gasteiger partial charge in [0.2, 0.25) is 0 Å². The Morgan fingerprint density at radius 2 is 1.91 bits per heavy atom. The van der Waals surface area contributed by atoms with Crippen LogP contribution in [0, 0.1) is 0 Å². The molecule has 1 heterocycles. The minimum Gasteiger partial charge on any atom is -0.489 e. The van der Waals surface area contributed by atoms with Crippen LogP contribution in [0.1, 0.15) is 25.0 Å². The number of anilines is 1. The van der Waals surface area contributed by atoms with Gasteiger partial charge in [0, 0.05) is 22.9 Å². The Balaban J connectivity index is 1.89. The Kier molecular flexibility index (Phi) is 7.76. The predicted octanol–water partition coefficient (Wildman–Crippen LogP) is 4.97. The number of nitrogens with two attached hydrogens (primary N) is 1. The fraction of sp³-hybridized carbons (Fsp3) is 0.148. The highest BCUT2D eigenvalue weighted by atomic mass is 16.5. The zero-order valence-electron chi connectivity index (χ0n) is 18.9. The standard InChI is InChI=1S/C27H28N4O2/c1-5-24(33-19(3)4)17-29-25(6-2)21-10-7-9-20(15-21)18-31-27(32)14-13-26(30-31)22-11-8-12-23(28)16-22/h5-17,19H,1-2,18,28H2,3-4H3/b24-17+,29-25?. The van der Waals surface area contributed by atoms with Crippen molar-refractivity contribution < 1.29 is 4.74 Å². The SMILES string of the molecule is C=CC(=N/C=C(\C=C)OC(C)C)c1cccc(Cn2nc(-c3cccc(N)c3)ccc2=O)c1. The zero-order valence-corrected chi connectivity index (χ0v) is 18.9. The van der Waals surface area contributed by atoms with Gasteiger partial charge in [0.25, 0.3) is 5.56 Å². The van der Waals surface area contributed by atoms with Gasteiger partial charge in [0.1, 0.15) is 5.76 Å². The van der Waals surface area contributed by atoms with E-state index >= 15 is 0 Å². The Morgan fingerprint density at radius 3 is 2.61 bits per heavy atom. The normalized spacial score (nSPS) is 12.0. The van der Waals surface area contributed by atoms with Gasteiger partial charge < -0.3 is 10.5 Å². The van der Waals surface area contributed by atoms with Crippen LogP contribution in [0.3, 0.4) is 0 Å². The molecule has 0 fully saturated rings. The van der Waals surface area contributed by atoms with Gasteiger partial charge in [-0.25, -0.2) is 4.68 Å². The lowest BCUT2D eigenvalue weighted by molar-refractivity contribution is 0.157. The van der Waals surface area contributed by atoms with Crippen molar-refractivity contribution in [2.24, 2.45) is 4.99 Å². The van der Waals surface area contributed by atoms with Gasteiger partial charge in [-0.2, -0.15) is 5.10 Å². The number of benzene rings is 2. The molecule has 6 nitrogen and oxygen atoms in total. The van der Waals surface area contributed by atoms with Crippen molar-refractivity contribution in [1.82, 2.24) is 9.78 Å². The van der Waals surface area contributed by atoms with E-state index in [1.165, 1.54) is 10.7 Å². The number of hydrogen-bond donors (Lipinski definition) is 1. The summed E-state index contributed by atoms with van der Waals surface area (Å²) in [7, 11) is 0. The van der Waals surface area contributed by atoms with E-state index in [4.69, 9.17) is 10.5 Å². The number of rotatable bonds is 9. The van der Waals surface area contributed by atoms with Crippen LogP contribution in [-0.2, 0) is 11.3 Å². The van der Waals surface area contributed by atoms with E-state index in [2.05, 4.69) is 23.2 Å². The number of aliphatic imine (C=N–C) groups is 1. The molecule has 0 saturated carbocycles.